The average molecular weight is 515 g/mol. The molecule has 0 saturated heterocycles. The second-order valence-corrected chi connectivity index (χ2v) is 9.23. The molecule has 4 rings (SSSR count). The van der Waals surface area contributed by atoms with Crippen LogP contribution in [0.2, 0.25) is 0 Å². The number of anilines is 2. The number of benzene rings is 3. The summed E-state index contributed by atoms with van der Waals surface area (Å²) in [4.78, 5) is 44.5. The number of carbonyl (C=O) groups excluding carboxylic acids is 2. The summed E-state index contributed by atoms with van der Waals surface area (Å²) < 4.78 is 0. The van der Waals surface area contributed by atoms with Crippen molar-refractivity contribution in [2.75, 3.05) is 37.9 Å². The van der Waals surface area contributed by atoms with Gasteiger partial charge in [0.25, 0.3) is 11.8 Å². The maximum Gasteiger partial charge on any atom is 0.336 e. The lowest BCUT2D eigenvalue weighted by Crippen LogP contribution is -2.25. The molecule has 0 spiro atoms. The Labute approximate surface area is 221 Å². The number of carboxylic acid groups (broad SMARTS) is 1. The number of aromatic carboxylic acids is 1. The number of nitrogens with one attached hydrogen (secondary N) is 3. The fraction of sp³-hybridized carbons (Fsp3) is 0.207. The fourth-order valence-electron chi connectivity index (χ4n) is 4.17. The summed E-state index contributed by atoms with van der Waals surface area (Å²) in [5.41, 5.74) is 7.04. The van der Waals surface area contributed by atoms with Crippen LogP contribution < -0.4 is 16.1 Å². The minimum Gasteiger partial charge on any atom is -0.478 e. The van der Waals surface area contributed by atoms with Gasteiger partial charge in [-0.05, 0) is 81.5 Å². The highest BCUT2D eigenvalue weighted by atomic mass is 16.6. The van der Waals surface area contributed by atoms with Gasteiger partial charge in [0.15, 0.2) is 0 Å². The maximum absolute atomic E-state index is 13.1. The molecule has 0 bridgehead atoms. The van der Waals surface area contributed by atoms with Crippen molar-refractivity contribution < 1.29 is 24.3 Å². The van der Waals surface area contributed by atoms with Crippen LogP contribution in [-0.4, -0.2) is 55.0 Å². The number of hydrogen-bond acceptors (Lipinski definition) is 6. The van der Waals surface area contributed by atoms with Crippen molar-refractivity contribution in [3.63, 3.8) is 0 Å². The van der Waals surface area contributed by atoms with E-state index in [1.807, 2.05) is 49.3 Å². The number of carbonyl (C=O) groups is 3. The molecule has 196 valence electrons. The van der Waals surface area contributed by atoms with Gasteiger partial charge >= 0.3 is 5.97 Å². The van der Waals surface area contributed by atoms with Crippen molar-refractivity contribution in [2.45, 2.75) is 13.3 Å². The molecule has 0 saturated carbocycles. The van der Waals surface area contributed by atoms with Gasteiger partial charge in [0.1, 0.15) is 0 Å². The molecule has 9 nitrogen and oxygen atoms in total. The number of hydrogen-bond donors (Lipinski definition) is 4. The Morgan fingerprint density at radius 1 is 1.00 bits per heavy atom. The second-order valence-electron chi connectivity index (χ2n) is 9.23. The summed E-state index contributed by atoms with van der Waals surface area (Å²) in [6, 6.07) is 19.4. The summed E-state index contributed by atoms with van der Waals surface area (Å²) in [7, 11) is 3.95. The predicted octanol–water partition coefficient (Wildman–Crippen LogP) is 4.24. The Kier molecular flexibility index (Phi) is 8.20. The van der Waals surface area contributed by atoms with E-state index in [-0.39, 0.29) is 17.4 Å². The van der Waals surface area contributed by atoms with E-state index in [9.17, 15) is 19.5 Å². The second kappa shape index (κ2) is 11.7. The SMILES string of the molecule is Cc1cc2c(cc1C(=O)O)NC(=O)/C2=C(/Nc1ccc(C(=O)NOCCCN(C)C)cc1)c1ccccc1. The Morgan fingerprint density at radius 2 is 1.71 bits per heavy atom. The van der Waals surface area contributed by atoms with E-state index in [0.29, 0.717) is 45.9 Å². The summed E-state index contributed by atoms with van der Waals surface area (Å²) in [5, 5.41) is 15.6. The molecule has 1 heterocycles. The molecular weight excluding hydrogens is 484 g/mol. The van der Waals surface area contributed by atoms with Crippen molar-refractivity contribution >= 4 is 40.4 Å². The van der Waals surface area contributed by atoms with E-state index in [1.54, 1.807) is 37.3 Å². The Morgan fingerprint density at radius 3 is 2.37 bits per heavy atom. The monoisotopic (exact) mass is 514 g/mol. The molecule has 3 aromatic carbocycles. The standard InChI is InChI=1S/C29H30N4O5/c1-18-16-23-24(17-22(18)29(36)37)31-28(35)25(23)26(19-8-5-4-6-9-19)30-21-12-10-20(11-13-21)27(34)32-38-15-7-14-33(2)3/h4-6,8-13,16-17,30H,7,14-15H2,1-3H3,(H,31,35)(H,32,34)(H,36,37)/b26-25+. The molecule has 0 unspecified atom stereocenters. The van der Waals surface area contributed by atoms with E-state index < -0.39 is 5.97 Å². The average Bonchev–Trinajstić information content (AvgIpc) is 3.21. The van der Waals surface area contributed by atoms with Crippen LogP contribution in [-0.2, 0) is 9.63 Å². The number of fused-ring (bicyclic) bond motifs is 1. The lowest BCUT2D eigenvalue weighted by molar-refractivity contribution is -0.110. The minimum atomic E-state index is -1.05. The highest BCUT2D eigenvalue weighted by molar-refractivity contribution is 6.37. The summed E-state index contributed by atoms with van der Waals surface area (Å²) >= 11 is 0. The predicted molar refractivity (Wildman–Crippen MR) is 147 cm³/mol. The largest absolute Gasteiger partial charge is 0.478 e. The number of nitrogens with zero attached hydrogens (tertiary/aromatic N) is 1. The van der Waals surface area contributed by atoms with Crippen LogP contribution in [0.15, 0.2) is 66.7 Å². The van der Waals surface area contributed by atoms with Crippen LogP contribution >= 0.6 is 0 Å². The van der Waals surface area contributed by atoms with Gasteiger partial charge in [0.05, 0.1) is 29.1 Å². The fourth-order valence-corrected chi connectivity index (χ4v) is 4.17. The lowest BCUT2D eigenvalue weighted by atomic mass is 9.96. The first-order valence-corrected chi connectivity index (χ1v) is 12.2. The van der Waals surface area contributed by atoms with Gasteiger partial charge in [-0.2, -0.15) is 0 Å². The molecule has 1 aliphatic heterocycles. The van der Waals surface area contributed by atoms with E-state index >= 15 is 0 Å². The van der Waals surface area contributed by atoms with Crippen LogP contribution in [0, 0.1) is 6.92 Å². The van der Waals surface area contributed by atoms with Crippen LogP contribution in [0.1, 0.15) is 43.8 Å². The number of aryl methyl sites for hydroxylation is 1. The zero-order valence-electron chi connectivity index (χ0n) is 21.5. The molecular formula is C29H30N4O5. The Bertz CT molecular complexity index is 1380. The molecule has 0 aromatic heterocycles. The van der Waals surface area contributed by atoms with Gasteiger partial charge in [0, 0.05) is 16.8 Å². The number of hydroxylamine groups is 1. The summed E-state index contributed by atoms with van der Waals surface area (Å²) in [6.07, 6.45) is 0.793. The van der Waals surface area contributed by atoms with Crippen molar-refractivity contribution in [1.82, 2.24) is 10.4 Å². The van der Waals surface area contributed by atoms with Crippen LogP contribution in [0.3, 0.4) is 0 Å². The minimum absolute atomic E-state index is 0.134. The maximum atomic E-state index is 13.1. The summed E-state index contributed by atoms with van der Waals surface area (Å²) in [6.45, 7) is 2.97. The zero-order valence-corrected chi connectivity index (χ0v) is 21.5. The molecule has 3 aromatic rings. The van der Waals surface area contributed by atoms with Gasteiger partial charge in [-0.15, -0.1) is 0 Å². The van der Waals surface area contributed by atoms with E-state index in [2.05, 4.69) is 16.1 Å². The first-order chi connectivity index (χ1) is 18.2. The third kappa shape index (κ3) is 6.08. The van der Waals surface area contributed by atoms with E-state index in [1.165, 1.54) is 6.07 Å². The summed E-state index contributed by atoms with van der Waals surface area (Å²) in [5.74, 6) is -1.74. The number of carboxylic acids is 1. The smallest absolute Gasteiger partial charge is 0.336 e. The van der Waals surface area contributed by atoms with Gasteiger partial charge in [-0.1, -0.05) is 30.3 Å². The Balaban J connectivity index is 1.60. The molecule has 38 heavy (non-hydrogen) atoms. The third-order valence-electron chi connectivity index (χ3n) is 6.09. The molecule has 0 radical (unpaired) electrons. The molecule has 1 aliphatic rings. The topological polar surface area (TPSA) is 120 Å². The van der Waals surface area contributed by atoms with Crippen molar-refractivity contribution in [3.8, 4) is 0 Å². The van der Waals surface area contributed by atoms with E-state index in [4.69, 9.17) is 4.84 Å². The lowest BCUT2D eigenvalue weighted by Gasteiger charge is -2.15. The molecule has 4 N–H and O–H groups in total. The number of rotatable bonds is 10. The molecule has 0 fully saturated rings. The van der Waals surface area contributed by atoms with Gasteiger partial charge in [0.2, 0.25) is 0 Å². The molecule has 0 aliphatic carbocycles. The third-order valence-corrected chi connectivity index (χ3v) is 6.09. The van der Waals surface area contributed by atoms with Gasteiger partial charge in [-0.3, -0.25) is 14.4 Å². The van der Waals surface area contributed by atoms with Gasteiger partial charge in [-0.25, -0.2) is 10.3 Å². The van der Waals surface area contributed by atoms with Crippen LogP contribution in [0.25, 0.3) is 11.3 Å². The Hall–Kier alpha value is -4.47. The van der Waals surface area contributed by atoms with Crippen molar-refractivity contribution in [3.05, 3.63) is 94.5 Å². The number of amides is 2. The first kappa shape index (κ1) is 26.6. The normalized spacial score (nSPS) is 13.6. The van der Waals surface area contributed by atoms with Crippen LogP contribution in [0.4, 0.5) is 11.4 Å². The highest BCUT2D eigenvalue weighted by Crippen LogP contribution is 2.39. The van der Waals surface area contributed by atoms with Crippen molar-refractivity contribution in [2.24, 2.45) is 0 Å². The molecule has 9 heteroatoms. The zero-order chi connectivity index (χ0) is 27.2. The van der Waals surface area contributed by atoms with E-state index in [0.717, 1.165) is 18.5 Å². The van der Waals surface area contributed by atoms with Crippen LogP contribution in [0.5, 0.6) is 0 Å². The van der Waals surface area contributed by atoms with Gasteiger partial charge < -0.3 is 20.6 Å². The molecule has 0 atom stereocenters. The quantitative estimate of drug-likeness (QED) is 0.181. The first-order valence-electron chi connectivity index (χ1n) is 12.2. The highest BCUT2D eigenvalue weighted by Gasteiger charge is 2.30. The van der Waals surface area contributed by atoms with Crippen molar-refractivity contribution in [1.29, 1.82) is 0 Å². The molecule has 2 amide bonds.